The van der Waals surface area contributed by atoms with Crippen LogP contribution in [0.4, 0.5) is 9.52 Å². The zero-order valence-electron chi connectivity index (χ0n) is 13.2. The summed E-state index contributed by atoms with van der Waals surface area (Å²) < 4.78 is 14.0. The zero-order chi connectivity index (χ0) is 17.8. The first-order valence-corrected chi connectivity index (χ1v) is 8.26. The van der Waals surface area contributed by atoms with E-state index in [1.54, 1.807) is 12.3 Å². The Labute approximate surface area is 147 Å². The lowest BCUT2D eigenvalue weighted by molar-refractivity contribution is 0.0692. The highest BCUT2D eigenvalue weighted by atomic mass is 32.1. The lowest BCUT2D eigenvalue weighted by atomic mass is 9.99. The molecular formula is C18H14FN3O2S. The second kappa shape index (κ2) is 7.23. The van der Waals surface area contributed by atoms with Crippen LogP contribution in [-0.4, -0.2) is 22.3 Å². The largest absolute Gasteiger partial charge is 0.478 e. The number of rotatable bonds is 5. The molecule has 25 heavy (non-hydrogen) atoms. The van der Waals surface area contributed by atoms with Crippen molar-refractivity contribution in [3.8, 4) is 11.1 Å². The quantitative estimate of drug-likeness (QED) is 0.525. The molecule has 0 amide bonds. The monoisotopic (exact) mass is 355 g/mol. The maximum Gasteiger partial charge on any atom is 0.338 e. The first-order valence-electron chi connectivity index (χ1n) is 7.38. The van der Waals surface area contributed by atoms with Crippen LogP contribution in [0.25, 0.3) is 11.1 Å². The molecular weight excluding hydrogens is 341 g/mol. The van der Waals surface area contributed by atoms with E-state index in [1.165, 1.54) is 23.5 Å². The Morgan fingerprint density at radius 1 is 1.32 bits per heavy atom. The minimum atomic E-state index is -1.29. The molecule has 0 radical (unpaired) electrons. The maximum atomic E-state index is 14.0. The van der Waals surface area contributed by atoms with Gasteiger partial charge in [0.2, 0.25) is 5.13 Å². The summed E-state index contributed by atoms with van der Waals surface area (Å²) in [4.78, 5) is 15.2. The molecule has 0 aliphatic heterocycles. The number of nitrogens with one attached hydrogen (secondary N) is 1. The summed E-state index contributed by atoms with van der Waals surface area (Å²) in [6.45, 7) is 1.90. The third kappa shape index (κ3) is 3.89. The van der Waals surface area contributed by atoms with Crippen LogP contribution in [0.5, 0.6) is 0 Å². The van der Waals surface area contributed by atoms with Crippen molar-refractivity contribution in [2.45, 2.75) is 6.92 Å². The molecule has 2 aromatic carbocycles. The number of halogens is 1. The number of carboxylic acid groups (broad SMARTS) is 1. The minimum Gasteiger partial charge on any atom is -0.478 e. The number of hydrazone groups is 1. The van der Waals surface area contributed by atoms with Crippen molar-refractivity contribution in [1.29, 1.82) is 0 Å². The first-order chi connectivity index (χ1) is 12.0. The van der Waals surface area contributed by atoms with E-state index in [-0.39, 0.29) is 5.56 Å². The van der Waals surface area contributed by atoms with Gasteiger partial charge in [0.25, 0.3) is 0 Å². The van der Waals surface area contributed by atoms with Crippen LogP contribution in [-0.2, 0) is 0 Å². The number of carboxylic acids is 1. The van der Waals surface area contributed by atoms with Crippen LogP contribution in [0.2, 0.25) is 0 Å². The highest BCUT2D eigenvalue weighted by Crippen LogP contribution is 2.25. The molecule has 2 N–H and O–H groups in total. The van der Waals surface area contributed by atoms with Gasteiger partial charge in [-0.1, -0.05) is 30.3 Å². The van der Waals surface area contributed by atoms with Crippen LogP contribution < -0.4 is 5.43 Å². The molecule has 0 unspecified atom stereocenters. The SMILES string of the molecule is Cc1csc(NN=Cc2ccccc2-c2ccc(C(=O)O)c(F)c2)n1. The van der Waals surface area contributed by atoms with Gasteiger partial charge in [-0.2, -0.15) is 5.10 Å². The second-order valence-corrected chi connectivity index (χ2v) is 6.11. The summed E-state index contributed by atoms with van der Waals surface area (Å²) in [5.41, 5.74) is 5.51. The average molecular weight is 355 g/mol. The molecule has 1 heterocycles. The van der Waals surface area contributed by atoms with E-state index in [2.05, 4.69) is 15.5 Å². The molecule has 0 bridgehead atoms. The molecule has 0 atom stereocenters. The summed E-state index contributed by atoms with van der Waals surface area (Å²) >= 11 is 1.45. The van der Waals surface area contributed by atoms with Crippen molar-refractivity contribution in [3.05, 3.63) is 70.5 Å². The van der Waals surface area contributed by atoms with Gasteiger partial charge < -0.3 is 5.11 Å². The fourth-order valence-corrected chi connectivity index (χ4v) is 2.93. The van der Waals surface area contributed by atoms with Crippen LogP contribution in [0.3, 0.4) is 0 Å². The number of nitrogens with zero attached hydrogens (tertiary/aromatic N) is 2. The Balaban J connectivity index is 1.88. The third-order valence-electron chi connectivity index (χ3n) is 3.45. The molecule has 0 spiro atoms. The normalized spacial score (nSPS) is 11.0. The van der Waals surface area contributed by atoms with Crippen LogP contribution in [0.1, 0.15) is 21.6 Å². The topological polar surface area (TPSA) is 74.6 Å². The number of hydrogen-bond donors (Lipinski definition) is 2. The number of aryl methyl sites for hydroxylation is 1. The van der Waals surface area contributed by atoms with Gasteiger partial charge >= 0.3 is 5.97 Å². The van der Waals surface area contributed by atoms with Gasteiger partial charge in [0, 0.05) is 10.9 Å². The maximum absolute atomic E-state index is 14.0. The molecule has 3 rings (SSSR count). The van der Waals surface area contributed by atoms with E-state index < -0.39 is 11.8 Å². The van der Waals surface area contributed by atoms with E-state index in [0.717, 1.165) is 16.8 Å². The lowest BCUT2D eigenvalue weighted by Crippen LogP contribution is -2.00. The highest BCUT2D eigenvalue weighted by molar-refractivity contribution is 7.13. The van der Waals surface area contributed by atoms with Crippen molar-refractivity contribution >= 4 is 28.7 Å². The number of carbonyl (C=O) groups is 1. The summed E-state index contributed by atoms with van der Waals surface area (Å²) in [5.74, 6) is -2.06. The molecule has 126 valence electrons. The summed E-state index contributed by atoms with van der Waals surface area (Å²) in [6.07, 6.45) is 1.62. The zero-order valence-corrected chi connectivity index (χ0v) is 14.0. The average Bonchev–Trinajstić information content (AvgIpc) is 3.00. The van der Waals surface area contributed by atoms with Crippen molar-refractivity contribution in [1.82, 2.24) is 4.98 Å². The molecule has 0 aliphatic rings. The predicted octanol–water partition coefficient (Wildman–Crippen LogP) is 4.40. The number of thiazole rings is 1. The van der Waals surface area contributed by atoms with Gasteiger partial charge in [0.1, 0.15) is 5.82 Å². The second-order valence-electron chi connectivity index (χ2n) is 5.25. The Morgan fingerprint density at radius 2 is 2.12 bits per heavy atom. The van der Waals surface area contributed by atoms with Gasteiger partial charge in [0.05, 0.1) is 17.5 Å². The van der Waals surface area contributed by atoms with E-state index in [0.29, 0.717) is 10.7 Å². The summed E-state index contributed by atoms with van der Waals surface area (Å²) in [6, 6.07) is 11.4. The number of aromatic nitrogens is 1. The van der Waals surface area contributed by atoms with Crippen molar-refractivity contribution in [2.75, 3.05) is 5.43 Å². The number of benzene rings is 2. The van der Waals surface area contributed by atoms with Gasteiger partial charge in [-0.15, -0.1) is 11.3 Å². The van der Waals surface area contributed by atoms with Crippen molar-refractivity contribution < 1.29 is 14.3 Å². The van der Waals surface area contributed by atoms with Gasteiger partial charge in [-0.3, -0.25) is 5.43 Å². The molecule has 5 nitrogen and oxygen atoms in total. The molecule has 3 aromatic rings. The molecule has 0 saturated heterocycles. The lowest BCUT2D eigenvalue weighted by Gasteiger charge is -2.07. The number of hydrogen-bond acceptors (Lipinski definition) is 5. The molecule has 0 fully saturated rings. The molecule has 1 aromatic heterocycles. The fourth-order valence-electron chi connectivity index (χ4n) is 2.29. The predicted molar refractivity (Wildman–Crippen MR) is 96.9 cm³/mol. The Morgan fingerprint density at radius 3 is 2.80 bits per heavy atom. The van der Waals surface area contributed by atoms with E-state index in [4.69, 9.17) is 5.11 Å². The van der Waals surface area contributed by atoms with Gasteiger partial charge in [-0.05, 0) is 30.2 Å². The van der Waals surface area contributed by atoms with Crippen LogP contribution in [0, 0.1) is 12.7 Å². The van der Waals surface area contributed by atoms with E-state index >= 15 is 0 Å². The van der Waals surface area contributed by atoms with Crippen LogP contribution >= 0.6 is 11.3 Å². The highest BCUT2D eigenvalue weighted by Gasteiger charge is 2.12. The van der Waals surface area contributed by atoms with Crippen LogP contribution in [0.15, 0.2) is 52.9 Å². The fraction of sp³-hybridized carbons (Fsp3) is 0.0556. The molecule has 7 heteroatoms. The van der Waals surface area contributed by atoms with E-state index in [9.17, 15) is 9.18 Å². The molecule has 0 aliphatic carbocycles. The first kappa shape index (κ1) is 16.8. The third-order valence-corrected chi connectivity index (χ3v) is 4.32. The molecule has 0 saturated carbocycles. The Hall–Kier alpha value is -3.06. The van der Waals surface area contributed by atoms with Crippen molar-refractivity contribution in [3.63, 3.8) is 0 Å². The van der Waals surface area contributed by atoms with Gasteiger partial charge in [-0.25, -0.2) is 14.2 Å². The Kier molecular flexibility index (Phi) is 4.85. The number of anilines is 1. The summed E-state index contributed by atoms with van der Waals surface area (Å²) in [7, 11) is 0. The van der Waals surface area contributed by atoms with E-state index in [1.807, 2.05) is 36.6 Å². The smallest absolute Gasteiger partial charge is 0.338 e. The van der Waals surface area contributed by atoms with Gasteiger partial charge in [0.15, 0.2) is 0 Å². The standard InChI is InChI=1S/C18H14FN3O2S/c1-11-10-25-18(21-11)22-20-9-13-4-2-3-5-14(13)12-6-7-15(17(23)24)16(19)8-12/h2-10H,1H3,(H,21,22)(H,23,24). The minimum absolute atomic E-state index is 0.351. The van der Waals surface area contributed by atoms with Crippen molar-refractivity contribution in [2.24, 2.45) is 5.10 Å². The summed E-state index contributed by atoms with van der Waals surface area (Å²) in [5, 5.41) is 15.7. The Bertz CT molecular complexity index is 953. The number of aromatic carboxylic acids is 1.